The molecule has 1 atom stereocenters. The van der Waals surface area contributed by atoms with E-state index in [-0.39, 0.29) is 17.4 Å². The van der Waals surface area contributed by atoms with E-state index in [1.807, 2.05) is 6.07 Å². The largest absolute Gasteiger partial charge is 0.378 e. The Morgan fingerprint density at radius 3 is 2.81 bits per heavy atom. The molecule has 0 unspecified atom stereocenters. The molecule has 7 heteroatoms. The number of carbonyl (C=O) groups is 1. The molecule has 0 fully saturated rings. The van der Waals surface area contributed by atoms with Gasteiger partial charge in [0.2, 0.25) is 0 Å². The number of fused-ring (bicyclic) bond motifs is 1. The molecule has 1 amide bonds. The molecule has 0 saturated carbocycles. The fourth-order valence-corrected chi connectivity index (χ4v) is 2.88. The molecule has 1 aromatic heterocycles. The second-order valence-electron chi connectivity index (χ2n) is 6.18. The van der Waals surface area contributed by atoms with Crippen molar-refractivity contribution in [3.8, 4) is 6.07 Å². The van der Waals surface area contributed by atoms with Gasteiger partial charge in [-0.2, -0.15) is 5.26 Å². The van der Waals surface area contributed by atoms with Crippen LogP contribution in [0.15, 0.2) is 48.7 Å². The topological polar surface area (TPSA) is 78.1 Å². The summed E-state index contributed by atoms with van der Waals surface area (Å²) in [6.07, 6.45) is 1.68. The number of benzene rings is 2. The number of nitrogens with zero attached hydrogens (tertiary/aromatic N) is 2. The maximum atomic E-state index is 13.3. The number of aliphatic hydroxyl groups is 1. The monoisotopic (exact) mass is 371 g/mol. The highest BCUT2D eigenvalue weighted by Crippen LogP contribution is 2.23. The molecule has 0 aliphatic heterocycles. The molecule has 5 nitrogen and oxygen atoms in total. The van der Waals surface area contributed by atoms with Gasteiger partial charge in [0.25, 0.3) is 5.91 Å². The first-order chi connectivity index (χ1) is 12.3. The van der Waals surface area contributed by atoms with E-state index in [0.29, 0.717) is 22.2 Å². The van der Waals surface area contributed by atoms with Gasteiger partial charge in [-0.1, -0.05) is 11.6 Å². The van der Waals surface area contributed by atoms with Crippen LogP contribution < -0.4 is 5.32 Å². The van der Waals surface area contributed by atoms with Crippen molar-refractivity contribution in [2.75, 3.05) is 5.32 Å². The molecule has 0 aliphatic rings. The minimum atomic E-state index is -1.72. The van der Waals surface area contributed by atoms with E-state index in [1.165, 1.54) is 37.3 Å². The highest BCUT2D eigenvalue weighted by molar-refractivity contribution is 6.32. The second kappa shape index (κ2) is 6.79. The summed E-state index contributed by atoms with van der Waals surface area (Å²) in [6.45, 7) is 1.38. The van der Waals surface area contributed by atoms with E-state index < -0.39 is 11.5 Å². The Hall–Kier alpha value is -2.88. The zero-order valence-electron chi connectivity index (χ0n) is 13.8. The smallest absolute Gasteiger partial charge is 0.257 e. The van der Waals surface area contributed by atoms with Gasteiger partial charge >= 0.3 is 0 Å². The number of hydrogen-bond acceptors (Lipinski definition) is 3. The van der Waals surface area contributed by atoms with E-state index in [2.05, 4.69) is 5.32 Å². The number of nitrogens with one attached hydrogen (secondary N) is 1. The molecule has 2 N–H and O–H groups in total. The Morgan fingerprint density at radius 1 is 1.35 bits per heavy atom. The van der Waals surface area contributed by atoms with Gasteiger partial charge in [0, 0.05) is 22.8 Å². The summed E-state index contributed by atoms with van der Waals surface area (Å²) in [6, 6.07) is 12.4. The molecule has 3 aromatic rings. The Kier molecular flexibility index (Phi) is 4.68. The maximum absolute atomic E-state index is 13.3. The molecule has 3 rings (SSSR count). The number of hydrogen-bond donors (Lipinski definition) is 2. The van der Waals surface area contributed by atoms with Gasteiger partial charge in [-0.15, -0.1) is 0 Å². The molecule has 0 bridgehead atoms. The van der Waals surface area contributed by atoms with Crippen molar-refractivity contribution >= 4 is 34.1 Å². The van der Waals surface area contributed by atoms with Crippen LogP contribution in [-0.2, 0) is 11.3 Å². The lowest BCUT2D eigenvalue weighted by Gasteiger charge is -2.23. The average molecular weight is 372 g/mol. The molecule has 26 heavy (non-hydrogen) atoms. The molecular weight excluding hydrogens is 357 g/mol. The van der Waals surface area contributed by atoms with Crippen LogP contribution in [0.25, 0.3) is 10.9 Å². The van der Waals surface area contributed by atoms with E-state index in [0.717, 1.165) is 0 Å². The standard InChI is InChI=1S/C19H15ClFN3O2/c1-19(26,11-24-7-6-12-8-14(21)3-5-17(12)24)18(25)23-15-4-2-13(10-22)16(20)9-15/h2-9,26H,11H2,1H3,(H,23,25)/t19-/m0/s1. The Balaban J connectivity index is 1.79. The van der Waals surface area contributed by atoms with Crippen LogP contribution in [0.3, 0.4) is 0 Å². The number of carbonyl (C=O) groups excluding carboxylic acids is 1. The van der Waals surface area contributed by atoms with Crippen LogP contribution in [-0.4, -0.2) is 21.2 Å². The summed E-state index contributed by atoms with van der Waals surface area (Å²) in [5, 5.41) is 23.0. The molecular formula is C19H15ClFN3O2. The minimum Gasteiger partial charge on any atom is -0.378 e. The Bertz CT molecular complexity index is 1040. The predicted molar refractivity (Wildman–Crippen MR) is 97.3 cm³/mol. The van der Waals surface area contributed by atoms with Crippen LogP contribution in [0.1, 0.15) is 12.5 Å². The molecule has 0 spiro atoms. The van der Waals surface area contributed by atoms with Crippen LogP contribution in [0.5, 0.6) is 0 Å². The minimum absolute atomic E-state index is 0.0159. The fourth-order valence-electron chi connectivity index (χ4n) is 2.66. The summed E-state index contributed by atoms with van der Waals surface area (Å²) < 4.78 is 15.0. The zero-order valence-corrected chi connectivity index (χ0v) is 14.6. The van der Waals surface area contributed by atoms with E-state index in [1.54, 1.807) is 22.9 Å². The number of nitriles is 1. The van der Waals surface area contributed by atoms with Crippen LogP contribution >= 0.6 is 11.6 Å². The first-order valence-electron chi connectivity index (χ1n) is 7.78. The van der Waals surface area contributed by atoms with E-state index >= 15 is 0 Å². The predicted octanol–water partition coefficient (Wildman–Crippen LogP) is 3.70. The van der Waals surface area contributed by atoms with Crippen molar-refractivity contribution < 1.29 is 14.3 Å². The number of aromatic nitrogens is 1. The average Bonchev–Trinajstić information content (AvgIpc) is 2.96. The van der Waals surface area contributed by atoms with Crippen molar-refractivity contribution in [2.24, 2.45) is 0 Å². The van der Waals surface area contributed by atoms with Crippen molar-refractivity contribution in [1.29, 1.82) is 5.26 Å². The van der Waals surface area contributed by atoms with Crippen LogP contribution in [0.2, 0.25) is 5.02 Å². The van der Waals surface area contributed by atoms with Gasteiger partial charge in [-0.05, 0) is 49.4 Å². The summed E-state index contributed by atoms with van der Waals surface area (Å²) >= 11 is 5.95. The number of rotatable bonds is 4. The molecule has 2 aromatic carbocycles. The van der Waals surface area contributed by atoms with Gasteiger partial charge < -0.3 is 15.0 Å². The van der Waals surface area contributed by atoms with Crippen LogP contribution in [0, 0.1) is 17.1 Å². The van der Waals surface area contributed by atoms with Crippen molar-refractivity contribution in [1.82, 2.24) is 4.57 Å². The van der Waals surface area contributed by atoms with E-state index in [4.69, 9.17) is 16.9 Å². The molecule has 0 saturated heterocycles. The molecule has 1 heterocycles. The van der Waals surface area contributed by atoms with Crippen molar-refractivity contribution in [3.05, 3.63) is 65.1 Å². The first kappa shape index (κ1) is 17.9. The number of amides is 1. The van der Waals surface area contributed by atoms with E-state index in [9.17, 15) is 14.3 Å². The zero-order chi connectivity index (χ0) is 18.9. The first-order valence-corrected chi connectivity index (χ1v) is 8.16. The fraction of sp³-hybridized carbons (Fsp3) is 0.158. The highest BCUT2D eigenvalue weighted by atomic mass is 35.5. The van der Waals surface area contributed by atoms with Crippen LogP contribution in [0.4, 0.5) is 10.1 Å². The summed E-state index contributed by atoms with van der Waals surface area (Å²) in [5.74, 6) is -0.973. The van der Waals surface area contributed by atoms with Gasteiger partial charge in [0.15, 0.2) is 5.60 Å². The SMILES string of the molecule is C[C@](O)(Cn1ccc2cc(F)ccc21)C(=O)Nc1ccc(C#N)c(Cl)c1. The van der Waals surface area contributed by atoms with Gasteiger partial charge in [-0.3, -0.25) is 4.79 Å². The molecule has 0 aliphatic carbocycles. The lowest BCUT2D eigenvalue weighted by Crippen LogP contribution is -2.43. The van der Waals surface area contributed by atoms with Gasteiger partial charge in [0.05, 0.1) is 17.1 Å². The Morgan fingerprint density at radius 2 is 2.12 bits per heavy atom. The highest BCUT2D eigenvalue weighted by Gasteiger charge is 2.31. The third-order valence-corrected chi connectivity index (χ3v) is 4.36. The van der Waals surface area contributed by atoms with Crippen molar-refractivity contribution in [3.63, 3.8) is 0 Å². The lowest BCUT2D eigenvalue weighted by atomic mass is 10.1. The number of anilines is 1. The number of halogens is 2. The second-order valence-corrected chi connectivity index (χ2v) is 6.59. The summed E-state index contributed by atoms with van der Waals surface area (Å²) in [5.41, 5.74) is -0.345. The normalized spacial score (nSPS) is 13.2. The maximum Gasteiger partial charge on any atom is 0.257 e. The third kappa shape index (κ3) is 3.54. The van der Waals surface area contributed by atoms with Gasteiger partial charge in [-0.25, -0.2) is 4.39 Å². The Labute approximate surface area is 154 Å². The quantitative estimate of drug-likeness (QED) is 0.734. The molecule has 132 valence electrons. The summed E-state index contributed by atoms with van der Waals surface area (Å²) in [4.78, 5) is 12.5. The summed E-state index contributed by atoms with van der Waals surface area (Å²) in [7, 11) is 0. The lowest BCUT2D eigenvalue weighted by molar-refractivity contribution is -0.133. The molecule has 0 radical (unpaired) electrons. The van der Waals surface area contributed by atoms with Crippen molar-refractivity contribution in [2.45, 2.75) is 19.1 Å². The third-order valence-electron chi connectivity index (χ3n) is 4.05. The van der Waals surface area contributed by atoms with Gasteiger partial charge in [0.1, 0.15) is 11.9 Å².